The molecule has 0 radical (unpaired) electrons. The highest BCUT2D eigenvalue weighted by Crippen LogP contribution is 2.27. The third kappa shape index (κ3) is 3.05. The molecule has 0 aliphatic carbocycles. The number of amides is 1. The topological polar surface area (TPSA) is 80.0 Å². The van der Waals surface area contributed by atoms with E-state index in [1.54, 1.807) is 18.4 Å². The van der Waals surface area contributed by atoms with Gasteiger partial charge < -0.3 is 16.4 Å². The normalized spacial score (nSPS) is 12.1. The molecule has 0 aromatic carbocycles. The molecule has 0 fully saturated rings. The molecule has 0 bridgehead atoms. The quantitative estimate of drug-likeness (QED) is 0.792. The van der Waals surface area contributed by atoms with Crippen LogP contribution in [0.4, 0.5) is 10.9 Å². The number of nitrogens with two attached hydrogens (primary N) is 1. The Bertz CT molecular complexity index is 550. The standard InChI is InChI=1S/C12H16N4OS2/c1-3-7(8-5-4-6-18-8)15-11(17)9-10(13)16-12(14-2)19-9/h4-7H,3,13H2,1-2H3,(H,14,16)(H,15,17). The summed E-state index contributed by atoms with van der Waals surface area (Å²) in [4.78, 5) is 17.9. The van der Waals surface area contributed by atoms with E-state index in [2.05, 4.69) is 15.6 Å². The molecule has 7 heteroatoms. The van der Waals surface area contributed by atoms with Gasteiger partial charge in [0.2, 0.25) is 0 Å². The molecule has 0 saturated carbocycles. The van der Waals surface area contributed by atoms with Crippen LogP contribution in [0.2, 0.25) is 0 Å². The Hall–Kier alpha value is -1.60. The zero-order valence-corrected chi connectivity index (χ0v) is 12.4. The molecule has 102 valence electrons. The largest absolute Gasteiger partial charge is 0.382 e. The van der Waals surface area contributed by atoms with E-state index in [0.717, 1.165) is 11.3 Å². The summed E-state index contributed by atoms with van der Waals surface area (Å²) in [6, 6.07) is 4.02. The van der Waals surface area contributed by atoms with Gasteiger partial charge in [-0.25, -0.2) is 4.98 Å². The molecule has 2 aromatic rings. The van der Waals surface area contributed by atoms with Gasteiger partial charge in [-0.3, -0.25) is 4.79 Å². The van der Waals surface area contributed by atoms with Crippen LogP contribution in [-0.2, 0) is 0 Å². The molecule has 2 heterocycles. The number of carbonyl (C=O) groups excluding carboxylic acids is 1. The third-order valence-electron chi connectivity index (χ3n) is 2.67. The minimum Gasteiger partial charge on any atom is -0.382 e. The monoisotopic (exact) mass is 296 g/mol. The lowest BCUT2D eigenvalue weighted by Crippen LogP contribution is -2.27. The number of nitrogens with one attached hydrogen (secondary N) is 2. The summed E-state index contributed by atoms with van der Waals surface area (Å²) in [7, 11) is 1.75. The second-order valence-electron chi connectivity index (χ2n) is 3.93. The van der Waals surface area contributed by atoms with Crippen molar-refractivity contribution in [3.8, 4) is 0 Å². The van der Waals surface area contributed by atoms with Crippen LogP contribution in [0.5, 0.6) is 0 Å². The van der Waals surface area contributed by atoms with Gasteiger partial charge in [-0.05, 0) is 17.9 Å². The fourth-order valence-corrected chi connectivity index (χ4v) is 3.29. The lowest BCUT2D eigenvalue weighted by molar-refractivity contribution is 0.0941. The maximum Gasteiger partial charge on any atom is 0.265 e. The second kappa shape index (κ2) is 6.03. The first kappa shape index (κ1) is 13.8. The zero-order chi connectivity index (χ0) is 13.8. The van der Waals surface area contributed by atoms with Gasteiger partial charge in [-0.2, -0.15) is 0 Å². The van der Waals surface area contributed by atoms with Crippen LogP contribution < -0.4 is 16.4 Å². The Morgan fingerprint density at radius 3 is 2.89 bits per heavy atom. The summed E-state index contributed by atoms with van der Waals surface area (Å²) in [6.07, 6.45) is 0.837. The van der Waals surface area contributed by atoms with Crippen molar-refractivity contribution in [3.63, 3.8) is 0 Å². The number of thiazole rings is 1. The van der Waals surface area contributed by atoms with Gasteiger partial charge in [0.25, 0.3) is 5.91 Å². The maximum atomic E-state index is 12.2. The van der Waals surface area contributed by atoms with Gasteiger partial charge in [-0.1, -0.05) is 24.3 Å². The molecule has 0 aliphatic rings. The highest BCUT2D eigenvalue weighted by molar-refractivity contribution is 7.18. The lowest BCUT2D eigenvalue weighted by Gasteiger charge is -2.14. The molecule has 2 aromatic heterocycles. The molecule has 1 atom stereocenters. The number of anilines is 2. The summed E-state index contributed by atoms with van der Waals surface area (Å²) in [5.74, 6) is 0.102. The van der Waals surface area contributed by atoms with Gasteiger partial charge in [0.15, 0.2) is 5.13 Å². The molecule has 0 spiro atoms. The van der Waals surface area contributed by atoms with E-state index in [0.29, 0.717) is 10.0 Å². The van der Waals surface area contributed by atoms with Crippen LogP contribution in [0.3, 0.4) is 0 Å². The zero-order valence-electron chi connectivity index (χ0n) is 10.8. The van der Waals surface area contributed by atoms with E-state index >= 15 is 0 Å². The average Bonchev–Trinajstić information content (AvgIpc) is 3.04. The van der Waals surface area contributed by atoms with E-state index in [1.165, 1.54) is 11.3 Å². The summed E-state index contributed by atoms with van der Waals surface area (Å²) in [5, 5.41) is 8.53. The van der Waals surface area contributed by atoms with E-state index in [9.17, 15) is 4.79 Å². The summed E-state index contributed by atoms with van der Waals surface area (Å²) >= 11 is 2.90. The number of carbonyl (C=O) groups is 1. The Labute approximate surface area is 119 Å². The fraction of sp³-hybridized carbons (Fsp3) is 0.333. The molecule has 1 unspecified atom stereocenters. The van der Waals surface area contributed by atoms with Crippen molar-refractivity contribution < 1.29 is 4.79 Å². The first-order valence-electron chi connectivity index (χ1n) is 5.94. The number of nitrogens with zero attached hydrogens (tertiary/aromatic N) is 1. The van der Waals surface area contributed by atoms with Crippen LogP contribution in [0.25, 0.3) is 0 Å². The van der Waals surface area contributed by atoms with Gasteiger partial charge in [-0.15, -0.1) is 11.3 Å². The van der Waals surface area contributed by atoms with Crippen molar-refractivity contribution in [2.75, 3.05) is 18.1 Å². The predicted molar refractivity (Wildman–Crippen MR) is 80.9 cm³/mol. The van der Waals surface area contributed by atoms with Crippen molar-refractivity contribution in [3.05, 3.63) is 27.3 Å². The smallest absolute Gasteiger partial charge is 0.265 e. The van der Waals surface area contributed by atoms with E-state index < -0.39 is 0 Å². The molecule has 0 saturated heterocycles. The Kier molecular flexibility index (Phi) is 4.39. The maximum absolute atomic E-state index is 12.2. The first-order chi connectivity index (χ1) is 9.15. The van der Waals surface area contributed by atoms with Crippen LogP contribution in [-0.4, -0.2) is 17.9 Å². The fourth-order valence-electron chi connectivity index (χ4n) is 1.69. The van der Waals surface area contributed by atoms with Crippen molar-refractivity contribution >= 4 is 39.5 Å². The minimum absolute atomic E-state index is 0.0204. The SMILES string of the molecule is CCC(NC(=O)c1sc(NC)nc1N)c1cccs1. The Morgan fingerprint density at radius 1 is 1.58 bits per heavy atom. The van der Waals surface area contributed by atoms with Gasteiger partial charge >= 0.3 is 0 Å². The molecule has 0 aliphatic heterocycles. The number of rotatable bonds is 5. The van der Waals surface area contributed by atoms with E-state index in [1.807, 2.05) is 24.4 Å². The number of thiophene rings is 1. The molecule has 2 rings (SSSR count). The number of nitrogen functional groups attached to an aromatic ring is 1. The Morgan fingerprint density at radius 2 is 2.37 bits per heavy atom. The highest BCUT2D eigenvalue weighted by Gasteiger charge is 2.19. The van der Waals surface area contributed by atoms with Crippen LogP contribution in [0.15, 0.2) is 17.5 Å². The van der Waals surface area contributed by atoms with Crippen molar-refractivity contribution in [2.45, 2.75) is 19.4 Å². The molecule has 19 heavy (non-hydrogen) atoms. The number of hydrogen-bond acceptors (Lipinski definition) is 6. The second-order valence-corrected chi connectivity index (χ2v) is 5.91. The van der Waals surface area contributed by atoms with Gasteiger partial charge in [0, 0.05) is 11.9 Å². The minimum atomic E-state index is -0.170. The average molecular weight is 296 g/mol. The third-order valence-corrected chi connectivity index (χ3v) is 4.75. The lowest BCUT2D eigenvalue weighted by atomic mass is 10.2. The summed E-state index contributed by atoms with van der Waals surface area (Å²) in [6.45, 7) is 2.04. The summed E-state index contributed by atoms with van der Waals surface area (Å²) in [5.41, 5.74) is 5.75. The van der Waals surface area contributed by atoms with Crippen LogP contribution in [0, 0.1) is 0 Å². The molecular weight excluding hydrogens is 280 g/mol. The number of hydrogen-bond donors (Lipinski definition) is 3. The van der Waals surface area contributed by atoms with E-state index in [-0.39, 0.29) is 17.8 Å². The molecule has 5 nitrogen and oxygen atoms in total. The molecule has 1 amide bonds. The summed E-state index contributed by atoms with van der Waals surface area (Å²) < 4.78 is 0. The first-order valence-corrected chi connectivity index (χ1v) is 7.63. The van der Waals surface area contributed by atoms with Crippen molar-refractivity contribution in [1.29, 1.82) is 0 Å². The van der Waals surface area contributed by atoms with Gasteiger partial charge in [0.05, 0.1) is 6.04 Å². The number of aromatic nitrogens is 1. The van der Waals surface area contributed by atoms with Crippen LogP contribution in [0.1, 0.15) is 33.9 Å². The highest BCUT2D eigenvalue weighted by atomic mass is 32.1. The van der Waals surface area contributed by atoms with Crippen molar-refractivity contribution in [2.24, 2.45) is 0 Å². The van der Waals surface area contributed by atoms with E-state index in [4.69, 9.17) is 5.73 Å². The van der Waals surface area contributed by atoms with Gasteiger partial charge in [0.1, 0.15) is 10.7 Å². The van der Waals surface area contributed by atoms with Crippen LogP contribution >= 0.6 is 22.7 Å². The molecular formula is C12H16N4OS2. The Balaban J connectivity index is 2.13. The van der Waals surface area contributed by atoms with Crippen molar-refractivity contribution in [1.82, 2.24) is 10.3 Å². The predicted octanol–water partition coefficient (Wildman–Crippen LogP) is 2.71. The molecule has 4 N–H and O–H groups in total.